The molecule has 2 unspecified atom stereocenters. The molecule has 4 aromatic carbocycles. The molecule has 0 radical (unpaired) electrons. The molecule has 2 atom stereocenters. The van der Waals surface area contributed by atoms with Gasteiger partial charge in [-0.25, -0.2) is 4.98 Å². The number of ether oxygens (including phenoxy) is 1. The molecule has 0 fully saturated rings. The maximum atomic E-state index is 13.2. The number of pyridine rings is 2. The van der Waals surface area contributed by atoms with Crippen LogP contribution in [-0.2, 0) is 5.60 Å². The van der Waals surface area contributed by atoms with Crippen molar-refractivity contribution in [2.45, 2.75) is 30.8 Å². The van der Waals surface area contributed by atoms with E-state index in [4.69, 9.17) is 9.72 Å². The van der Waals surface area contributed by atoms with Crippen molar-refractivity contribution >= 4 is 21.7 Å². The summed E-state index contributed by atoms with van der Waals surface area (Å²) in [5.74, 6) is 0.0842. The van der Waals surface area contributed by atoms with Crippen molar-refractivity contribution < 1.29 is 9.84 Å². The summed E-state index contributed by atoms with van der Waals surface area (Å²) in [5, 5.41) is 16.5. The molecule has 0 saturated heterocycles. The fourth-order valence-corrected chi connectivity index (χ4v) is 6.35. The third-order valence-corrected chi connectivity index (χ3v) is 8.62. The van der Waals surface area contributed by atoms with E-state index < -0.39 is 11.5 Å². The molecule has 0 spiro atoms. The Labute approximate surface area is 259 Å². The molecular weight excluding hydrogens is 542 g/mol. The average Bonchev–Trinajstić information content (AvgIpc) is 3.07. The standard InChI is InChI=1S/C39H39N3O2/c1-42(2)25-9-8-22-39(43,34-19-18-28-10-4-5-11-32(28)26-34)37(31-16-14-29(15-17-31)30-20-23-40-24-21-30)35-27-33-12-6-7-13-36(33)41-38(35)44-3/h4-7,10-21,23-24,26-27,37,43H,8-9,22,25H2,1-3H3. The summed E-state index contributed by atoms with van der Waals surface area (Å²) in [5.41, 5.74) is 4.57. The highest BCUT2D eigenvalue weighted by Crippen LogP contribution is 2.48. The first-order valence-electron chi connectivity index (χ1n) is 15.3. The van der Waals surface area contributed by atoms with Gasteiger partial charge in [-0.15, -0.1) is 0 Å². The third kappa shape index (κ3) is 6.07. The summed E-state index contributed by atoms with van der Waals surface area (Å²) in [6, 6.07) is 37.5. The summed E-state index contributed by atoms with van der Waals surface area (Å²) >= 11 is 0. The lowest BCUT2D eigenvalue weighted by Crippen LogP contribution is -2.35. The highest BCUT2D eigenvalue weighted by Gasteiger charge is 2.42. The second-order valence-corrected chi connectivity index (χ2v) is 11.8. The molecule has 2 heterocycles. The van der Waals surface area contributed by atoms with Crippen molar-refractivity contribution in [3.05, 3.63) is 138 Å². The van der Waals surface area contributed by atoms with Gasteiger partial charge in [0.15, 0.2) is 0 Å². The first-order valence-corrected chi connectivity index (χ1v) is 15.3. The van der Waals surface area contributed by atoms with Gasteiger partial charge in [0.25, 0.3) is 0 Å². The lowest BCUT2D eigenvalue weighted by molar-refractivity contribution is 0.00691. The van der Waals surface area contributed by atoms with Crippen LogP contribution in [-0.4, -0.2) is 47.7 Å². The number of aromatic nitrogens is 2. The molecule has 0 aliphatic carbocycles. The van der Waals surface area contributed by atoms with E-state index in [-0.39, 0.29) is 0 Å². The predicted molar refractivity (Wildman–Crippen MR) is 180 cm³/mol. The Hall–Kier alpha value is -4.58. The predicted octanol–water partition coefficient (Wildman–Crippen LogP) is 8.21. The molecular formula is C39H39N3O2. The monoisotopic (exact) mass is 581 g/mol. The Morgan fingerprint density at radius 2 is 1.43 bits per heavy atom. The molecule has 6 rings (SSSR count). The van der Waals surface area contributed by atoms with Gasteiger partial charge < -0.3 is 14.7 Å². The number of para-hydroxylation sites is 1. The fourth-order valence-electron chi connectivity index (χ4n) is 6.35. The number of aliphatic hydroxyl groups is 1. The van der Waals surface area contributed by atoms with Crippen LogP contribution in [0.1, 0.15) is 41.9 Å². The van der Waals surface area contributed by atoms with E-state index in [1.807, 2.05) is 54.9 Å². The van der Waals surface area contributed by atoms with Gasteiger partial charge >= 0.3 is 0 Å². The van der Waals surface area contributed by atoms with E-state index >= 15 is 0 Å². The average molecular weight is 582 g/mol. The minimum absolute atomic E-state index is 0.443. The van der Waals surface area contributed by atoms with Gasteiger partial charge in [-0.1, -0.05) is 78.9 Å². The quantitative estimate of drug-likeness (QED) is 0.156. The van der Waals surface area contributed by atoms with E-state index in [9.17, 15) is 5.11 Å². The van der Waals surface area contributed by atoms with Crippen LogP contribution in [0.25, 0.3) is 32.8 Å². The first kappa shape index (κ1) is 29.5. The van der Waals surface area contributed by atoms with Crippen LogP contribution in [0, 0.1) is 0 Å². The van der Waals surface area contributed by atoms with Gasteiger partial charge in [-0.05, 0) is 103 Å². The normalized spacial score (nSPS) is 13.7. The van der Waals surface area contributed by atoms with Crippen LogP contribution < -0.4 is 4.74 Å². The third-order valence-electron chi connectivity index (χ3n) is 8.62. The molecule has 222 valence electrons. The van der Waals surface area contributed by atoms with Crippen LogP contribution in [0.3, 0.4) is 0 Å². The zero-order chi connectivity index (χ0) is 30.5. The summed E-state index contributed by atoms with van der Waals surface area (Å²) in [6.45, 7) is 0.958. The number of hydrogen-bond donors (Lipinski definition) is 1. The lowest BCUT2D eigenvalue weighted by atomic mass is 9.70. The number of unbranched alkanes of at least 4 members (excludes halogenated alkanes) is 1. The van der Waals surface area contributed by atoms with Crippen molar-refractivity contribution in [2.24, 2.45) is 0 Å². The fraction of sp³-hybridized carbons (Fsp3) is 0.231. The molecule has 5 heteroatoms. The molecule has 0 amide bonds. The number of benzene rings is 4. The van der Waals surface area contributed by atoms with Gasteiger partial charge in [0, 0.05) is 29.3 Å². The second kappa shape index (κ2) is 13.0. The van der Waals surface area contributed by atoms with Gasteiger partial charge in [-0.2, -0.15) is 0 Å². The number of rotatable bonds is 11. The summed E-state index contributed by atoms with van der Waals surface area (Å²) in [6.07, 6.45) is 6.03. The Kier molecular flexibility index (Phi) is 8.69. The maximum Gasteiger partial charge on any atom is 0.217 e. The van der Waals surface area contributed by atoms with Gasteiger partial charge in [0.05, 0.1) is 12.6 Å². The first-order chi connectivity index (χ1) is 21.5. The molecule has 44 heavy (non-hydrogen) atoms. The van der Waals surface area contributed by atoms with Crippen molar-refractivity contribution in [1.29, 1.82) is 0 Å². The Morgan fingerprint density at radius 1 is 0.750 bits per heavy atom. The number of nitrogens with zero attached hydrogens (tertiary/aromatic N) is 3. The minimum Gasteiger partial charge on any atom is -0.481 e. The number of hydrogen-bond acceptors (Lipinski definition) is 5. The Morgan fingerprint density at radius 3 is 2.16 bits per heavy atom. The lowest BCUT2D eigenvalue weighted by Gasteiger charge is -2.38. The molecule has 1 N–H and O–H groups in total. The molecule has 6 aromatic rings. The van der Waals surface area contributed by atoms with Crippen LogP contribution in [0.4, 0.5) is 0 Å². The molecule has 0 bridgehead atoms. The molecule has 2 aromatic heterocycles. The molecule has 0 aliphatic heterocycles. The topological polar surface area (TPSA) is 58.5 Å². The van der Waals surface area contributed by atoms with E-state index in [1.54, 1.807) is 7.11 Å². The van der Waals surface area contributed by atoms with Crippen molar-refractivity contribution in [2.75, 3.05) is 27.7 Å². The maximum absolute atomic E-state index is 13.2. The van der Waals surface area contributed by atoms with Gasteiger partial charge in [0.2, 0.25) is 5.88 Å². The second-order valence-electron chi connectivity index (χ2n) is 11.8. The summed E-state index contributed by atoms with van der Waals surface area (Å²) in [4.78, 5) is 11.3. The van der Waals surface area contributed by atoms with Crippen molar-refractivity contribution in [3.63, 3.8) is 0 Å². The van der Waals surface area contributed by atoms with Gasteiger partial charge in [0.1, 0.15) is 5.60 Å². The zero-order valence-corrected chi connectivity index (χ0v) is 25.6. The van der Waals surface area contributed by atoms with Crippen molar-refractivity contribution in [1.82, 2.24) is 14.9 Å². The Bertz CT molecular complexity index is 1850. The van der Waals surface area contributed by atoms with Crippen LogP contribution in [0.15, 0.2) is 122 Å². The van der Waals surface area contributed by atoms with E-state index in [0.717, 1.165) is 68.9 Å². The molecule has 0 aliphatic rings. The largest absolute Gasteiger partial charge is 0.481 e. The van der Waals surface area contributed by atoms with E-state index in [1.165, 1.54) is 0 Å². The number of methoxy groups -OCH3 is 1. The van der Waals surface area contributed by atoms with Gasteiger partial charge in [-0.3, -0.25) is 4.98 Å². The van der Waals surface area contributed by atoms with E-state index in [0.29, 0.717) is 12.3 Å². The Balaban J connectivity index is 1.56. The molecule has 0 saturated carbocycles. The van der Waals surface area contributed by atoms with Crippen LogP contribution >= 0.6 is 0 Å². The van der Waals surface area contributed by atoms with Crippen LogP contribution in [0.2, 0.25) is 0 Å². The highest BCUT2D eigenvalue weighted by atomic mass is 16.5. The zero-order valence-electron chi connectivity index (χ0n) is 25.6. The smallest absolute Gasteiger partial charge is 0.217 e. The van der Waals surface area contributed by atoms with Crippen LogP contribution in [0.5, 0.6) is 5.88 Å². The summed E-state index contributed by atoms with van der Waals surface area (Å²) in [7, 11) is 5.85. The highest BCUT2D eigenvalue weighted by molar-refractivity contribution is 5.84. The molecule has 5 nitrogen and oxygen atoms in total. The van der Waals surface area contributed by atoms with Crippen molar-refractivity contribution in [3.8, 4) is 17.0 Å². The van der Waals surface area contributed by atoms with E-state index in [2.05, 4.69) is 90.7 Å². The minimum atomic E-state index is -1.24. The SMILES string of the molecule is COc1nc2ccccc2cc1C(c1ccc(-c2ccncc2)cc1)C(O)(CCCCN(C)C)c1ccc2ccccc2c1. The summed E-state index contributed by atoms with van der Waals surface area (Å²) < 4.78 is 5.97. The number of fused-ring (bicyclic) bond motifs is 2.